The zero-order chi connectivity index (χ0) is 9.14. The summed E-state index contributed by atoms with van der Waals surface area (Å²) >= 11 is 6.33. The molecule has 0 amide bonds. The van der Waals surface area contributed by atoms with Gasteiger partial charge >= 0.3 is 0 Å². The van der Waals surface area contributed by atoms with E-state index >= 15 is 0 Å². The third kappa shape index (κ3) is 1.67. The van der Waals surface area contributed by atoms with Crippen molar-refractivity contribution < 1.29 is 4.39 Å². The molecule has 1 nitrogen and oxygen atoms in total. The van der Waals surface area contributed by atoms with Gasteiger partial charge in [-0.05, 0) is 12.1 Å². The summed E-state index contributed by atoms with van der Waals surface area (Å²) in [6, 6.07) is 4.90. The molecule has 1 aromatic rings. The number of hydrogen-bond acceptors (Lipinski definition) is 1. The van der Waals surface area contributed by atoms with Gasteiger partial charge in [0.25, 0.3) is 0 Å². The lowest BCUT2D eigenvalue weighted by Crippen LogP contribution is -1.92. The van der Waals surface area contributed by atoms with Crippen molar-refractivity contribution in [3.8, 4) is 6.07 Å². The van der Waals surface area contributed by atoms with Crippen molar-refractivity contribution in [2.45, 2.75) is 5.33 Å². The smallest absolute Gasteiger partial charge is 0.146 e. The van der Waals surface area contributed by atoms with Crippen LogP contribution >= 0.6 is 31.9 Å². The molecule has 0 N–H and O–H groups in total. The first-order valence-corrected chi connectivity index (χ1v) is 5.05. The zero-order valence-corrected chi connectivity index (χ0v) is 9.11. The van der Waals surface area contributed by atoms with E-state index in [2.05, 4.69) is 31.9 Å². The molecule has 12 heavy (non-hydrogen) atoms. The Morgan fingerprint density at radius 1 is 1.50 bits per heavy atom. The molecule has 0 bridgehead atoms. The van der Waals surface area contributed by atoms with Crippen LogP contribution < -0.4 is 0 Å². The van der Waals surface area contributed by atoms with Crippen molar-refractivity contribution >= 4 is 31.9 Å². The number of rotatable bonds is 1. The number of hydrogen-bond donors (Lipinski definition) is 0. The van der Waals surface area contributed by atoms with Gasteiger partial charge in [0.2, 0.25) is 0 Å². The Morgan fingerprint density at radius 2 is 2.17 bits per heavy atom. The number of halogens is 3. The number of alkyl halides is 1. The van der Waals surface area contributed by atoms with E-state index in [0.29, 0.717) is 15.4 Å². The Bertz CT molecular complexity index is 344. The fourth-order valence-electron chi connectivity index (χ4n) is 0.806. The largest absolute Gasteiger partial charge is 0.205 e. The predicted molar refractivity (Wildman–Crippen MR) is 51.4 cm³/mol. The first-order valence-electron chi connectivity index (χ1n) is 3.13. The molecule has 0 aliphatic rings. The molecule has 0 heterocycles. The average Bonchev–Trinajstić information content (AvgIpc) is 2.06. The summed E-state index contributed by atoms with van der Waals surface area (Å²) in [5, 5.41) is 8.91. The Balaban J connectivity index is 3.36. The third-order valence-electron chi connectivity index (χ3n) is 1.44. The summed E-state index contributed by atoms with van der Waals surface area (Å²) in [5.74, 6) is -0.455. The van der Waals surface area contributed by atoms with E-state index in [1.807, 2.05) is 0 Å². The molecule has 0 aliphatic carbocycles. The molecule has 0 spiro atoms. The predicted octanol–water partition coefficient (Wildman–Crippen LogP) is 3.35. The highest BCUT2D eigenvalue weighted by Gasteiger charge is 2.09. The van der Waals surface area contributed by atoms with Crippen LogP contribution in [0.2, 0.25) is 0 Å². The molecule has 0 unspecified atom stereocenters. The van der Waals surface area contributed by atoms with Gasteiger partial charge < -0.3 is 0 Å². The SMILES string of the molecule is N#Cc1ccc(Br)c(CBr)c1F. The summed E-state index contributed by atoms with van der Waals surface area (Å²) in [5.41, 5.74) is 0.557. The van der Waals surface area contributed by atoms with E-state index in [4.69, 9.17) is 5.26 Å². The monoisotopic (exact) mass is 291 g/mol. The van der Waals surface area contributed by atoms with Crippen molar-refractivity contribution in [1.29, 1.82) is 5.26 Å². The van der Waals surface area contributed by atoms with Crippen LogP contribution in [0, 0.1) is 17.1 Å². The minimum Gasteiger partial charge on any atom is -0.205 e. The van der Waals surface area contributed by atoms with Crippen LogP contribution in [-0.2, 0) is 5.33 Å². The van der Waals surface area contributed by atoms with Crippen LogP contribution in [-0.4, -0.2) is 0 Å². The van der Waals surface area contributed by atoms with E-state index in [9.17, 15) is 4.39 Å². The molecular formula is C8H4Br2FN. The fourth-order valence-corrected chi connectivity index (χ4v) is 2.18. The molecule has 0 aromatic heterocycles. The van der Waals surface area contributed by atoms with E-state index < -0.39 is 5.82 Å². The van der Waals surface area contributed by atoms with Crippen molar-refractivity contribution in [1.82, 2.24) is 0 Å². The molecule has 1 rings (SSSR count). The standard InChI is InChI=1S/C8H4Br2FN/c9-3-6-7(10)2-1-5(4-12)8(6)11/h1-2H,3H2. The summed E-state index contributed by atoms with van der Waals surface area (Å²) in [7, 11) is 0. The van der Waals surface area contributed by atoms with Crippen LogP contribution in [0.3, 0.4) is 0 Å². The zero-order valence-electron chi connectivity index (χ0n) is 5.94. The quantitative estimate of drug-likeness (QED) is 0.728. The minimum absolute atomic E-state index is 0.0765. The highest BCUT2D eigenvalue weighted by Crippen LogP contribution is 2.24. The second kappa shape index (κ2) is 4.01. The molecule has 0 radical (unpaired) electrons. The minimum atomic E-state index is -0.455. The molecule has 1 aromatic carbocycles. The average molecular weight is 293 g/mol. The van der Waals surface area contributed by atoms with Gasteiger partial charge in [-0.15, -0.1) is 0 Å². The molecule has 62 valence electrons. The summed E-state index contributed by atoms with van der Waals surface area (Å²) in [6.45, 7) is 0. The van der Waals surface area contributed by atoms with E-state index in [1.54, 1.807) is 12.1 Å². The Hall–Kier alpha value is -0.400. The molecule has 0 atom stereocenters. The number of benzene rings is 1. The Kier molecular flexibility index (Phi) is 3.24. The molecule has 0 saturated heterocycles. The Labute approximate surface area is 86.5 Å². The summed E-state index contributed by atoms with van der Waals surface area (Å²) in [6.07, 6.45) is 0. The highest BCUT2D eigenvalue weighted by atomic mass is 79.9. The van der Waals surface area contributed by atoms with Gasteiger partial charge in [-0.1, -0.05) is 31.9 Å². The molecule has 0 fully saturated rings. The van der Waals surface area contributed by atoms with Crippen LogP contribution in [0.15, 0.2) is 16.6 Å². The lowest BCUT2D eigenvalue weighted by Gasteiger charge is -2.02. The van der Waals surface area contributed by atoms with Gasteiger partial charge in [0.05, 0.1) is 5.56 Å². The van der Waals surface area contributed by atoms with Crippen LogP contribution in [0.4, 0.5) is 4.39 Å². The van der Waals surface area contributed by atoms with E-state index in [-0.39, 0.29) is 5.56 Å². The third-order valence-corrected chi connectivity index (χ3v) is 2.74. The van der Waals surface area contributed by atoms with E-state index in [1.165, 1.54) is 6.07 Å². The van der Waals surface area contributed by atoms with Crippen LogP contribution in [0.1, 0.15) is 11.1 Å². The summed E-state index contributed by atoms with van der Waals surface area (Å²) < 4.78 is 13.9. The van der Waals surface area contributed by atoms with Gasteiger partial charge in [-0.3, -0.25) is 0 Å². The second-order valence-electron chi connectivity index (χ2n) is 2.13. The lowest BCUT2D eigenvalue weighted by atomic mass is 10.1. The van der Waals surface area contributed by atoms with Crippen molar-refractivity contribution in [3.63, 3.8) is 0 Å². The van der Waals surface area contributed by atoms with Crippen molar-refractivity contribution in [2.75, 3.05) is 0 Å². The molecule has 4 heteroatoms. The highest BCUT2D eigenvalue weighted by molar-refractivity contribution is 9.10. The van der Waals surface area contributed by atoms with Gasteiger partial charge in [0, 0.05) is 15.4 Å². The molecule has 0 aliphatic heterocycles. The first-order chi connectivity index (χ1) is 5.70. The lowest BCUT2D eigenvalue weighted by molar-refractivity contribution is 0.612. The Morgan fingerprint density at radius 3 is 2.67 bits per heavy atom. The van der Waals surface area contributed by atoms with Crippen LogP contribution in [0.5, 0.6) is 0 Å². The van der Waals surface area contributed by atoms with Gasteiger partial charge in [-0.25, -0.2) is 4.39 Å². The molecular weight excluding hydrogens is 289 g/mol. The van der Waals surface area contributed by atoms with Gasteiger partial charge in [0.15, 0.2) is 0 Å². The van der Waals surface area contributed by atoms with E-state index in [0.717, 1.165) is 0 Å². The van der Waals surface area contributed by atoms with Crippen molar-refractivity contribution in [2.24, 2.45) is 0 Å². The van der Waals surface area contributed by atoms with Gasteiger partial charge in [0.1, 0.15) is 11.9 Å². The normalized spacial score (nSPS) is 9.50. The number of nitriles is 1. The topological polar surface area (TPSA) is 23.8 Å². The van der Waals surface area contributed by atoms with Gasteiger partial charge in [-0.2, -0.15) is 5.26 Å². The molecule has 0 saturated carbocycles. The van der Waals surface area contributed by atoms with Crippen molar-refractivity contribution in [3.05, 3.63) is 33.5 Å². The fraction of sp³-hybridized carbons (Fsp3) is 0.125. The maximum Gasteiger partial charge on any atom is 0.146 e. The number of nitrogens with zero attached hydrogens (tertiary/aromatic N) is 1. The first kappa shape index (κ1) is 9.69. The maximum absolute atomic E-state index is 13.3. The van der Waals surface area contributed by atoms with Crippen LogP contribution in [0.25, 0.3) is 0 Å². The summed E-state index contributed by atoms with van der Waals surface area (Å²) in [4.78, 5) is 0. The maximum atomic E-state index is 13.3. The second-order valence-corrected chi connectivity index (χ2v) is 3.55.